The SMILES string of the molecule is COc1ccc(Cn2nc(N[C@@H]3CCCN(C(=O)OC(C)(C)C)C3)c3c(Oc4ccc(C(=O)N5CCCC(C)C5)cc4)ccnc32)cc1. The highest BCUT2D eigenvalue weighted by atomic mass is 16.6. The second kappa shape index (κ2) is 14.1. The fourth-order valence-corrected chi connectivity index (χ4v) is 6.40. The number of hydrogen-bond acceptors (Lipinski definition) is 8. The largest absolute Gasteiger partial charge is 0.497 e. The molecule has 2 aromatic carbocycles. The third-order valence-electron chi connectivity index (χ3n) is 8.77. The third kappa shape index (κ3) is 7.83. The van der Waals surface area contributed by atoms with E-state index in [1.54, 1.807) is 18.2 Å². The van der Waals surface area contributed by atoms with Crippen LogP contribution in [0.25, 0.3) is 11.0 Å². The van der Waals surface area contributed by atoms with Crippen LogP contribution in [0.3, 0.4) is 0 Å². The van der Waals surface area contributed by atoms with Gasteiger partial charge in [-0.3, -0.25) is 4.79 Å². The molecular formula is C37H46N6O5. The lowest BCUT2D eigenvalue weighted by Gasteiger charge is -2.34. The summed E-state index contributed by atoms with van der Waals surface area (Å²) >= 11 is 0. The van der Waals surface area contributed by atoms with Gasteiger partial charge in [0.05, 0.1) is 13.7 Å². The number of ether oxygens (including phenoxy) is 3. The molecule has 2 aliphatic rings. The van der Waals surface area contributed by atoms with Crippen LogP contribution in [-0.2, 0) is 11.3 Å². The highest BCUT2D eigenvalue weighted by Gasteiger charge is 2.29. The van der Waals surface area contributed by atoms with Gasteiger partial charge in [-0.25, -0.2) is 14.5 Å². The Morgan fingerprint density at radius 3 is 2.33 bits per heavy atom. The molecule has 11 nitrogen and oxygen atoms in total. The second-order valence-electron chi connectivity index (χ2n) is 13.9. The molecular weight excluding hydrogens is 608 g/mol. The lowest BCUT2D eigenvalue weighted by Crippen LogP contribution is -2.47. The molecule has 0 saturated carbocycles. The van der Waals surface area contributed by atoms with Crippen molar-refractivity contribution in [2.75, 3.05) is 38.6 Å². The molecule has 2 saturated heterocycles. The van der Waals surface area contributed by atoms with Crippen molar-refractivity contribution < 1.29 is 23.8 Å². The van der Waals surface area contributed by atoms with E-state index in [2.05, 4.69) is 12.2 Å². The summed E-state index contributed by atoms with van der Waals surface area (Å²) in [7, 11) is 1.65. The number of amides is 2. The number of methoxy groups -OCH3 is 1. The number of likely N-dealkylation sites (tertiary alicyclic amines) is 2. The van der Waals surface area contributed by atoms with Crippen molar-refractivity contribution >= 4 is 28.9 Å². The third-order valence-corrected chi connectivity index (χ3v) is 8.77. The van der Waals surface area contributed by atoms with Crippen molar-refractivity contribution in [2.24, 2.45) is 5.92 Å². The molecule has 1 N–H and O–H groups in total. The number of carbonyl (C=O) groups is 2. The smallest absolute Gasteiger partial charge is 0.410 e. The molecule has 1 unspecified atom stereocenters. The number of benzene rings is 2. The van der Waals surface area contributed by atoms with Crippen LogP contribution in [0, 0.1) is 5.92 Å². The second-order valence-corrected chi connectivity index (χ2v) is 13.9. The molecule has 2 aliphatic heterocycles. The maximum Gasteiger partial charge on any atom is 0.410 e. The van der Waals surface area contributed by atoms with E-state index in [9.17, 15) is 9.59 Å². The van der Waals surface area contributed by atoms with Gasteiger partial charge in [0.15, 0.2) is 11.5 Å². The van der Waals surface area contributed by atoms with Crippen LogP contribution >= 0.6 is 0 Å². The van der Waals surface area contributed by atoms with Gasteiger partial charge >= 0.3 is 6.09 Å². The Labute approximate surface area is 282 Å². The van der Waals surface area contributed by atoms with Crippen molar-refractivity contribution in [1.29, 1.82) is 0 Å². The number of pyridine rings is 1. The van der Waals surface area contributed by atoms with Crippen molar-refractivity contribution in [3.8, 4) is 17.2 Å². The van der Waals surface area contributed by atoms with Gasteiger partial charge in [-0.2, -0.15) is 5.10 Å². The molecule has 11 heteroatoms. The number of carbonyl (C=O) groups excluding carboxylic acids is 2. The Bertz CT molecular complexity index is 1730. The quantitative estimate of drug-likeness (QED) is 0.217. The first-order valence-electron chi connectivity index (χ1n) is 16.9. The molecule has 0 bridgehead atoms. The van der Waals surface area contributed by atoms with Gasteiger partial charge in [0.25, 0.3) is 5.91 Å². The topological polar surface area (TPSA) is 111 Å². The number of nitrogens with zero attached hydrogens (tertiary/aromatic N) is 5. The average molecular weight is 655 g/mol. The van der Waals surface area contributed by atoms with E-state index in [4.69, 9.17) is 24.3 Å². The Kier molecular flexibility index (Phi) is 9.75. The van der Waals surface area contributed by atoms with Crippen LogP contribution < -0.4 is 14.8 Å². The Balaban J connectivity index is 1.27. The number of rotatable bonds is 8. The van der Waals surface area contributed by atoms with Crippen LogP contribution in [0.5, 0.6) is 17.2 Å². The fraction of sp³-hybridized carbons (Fsp3) is 0.459. The Hall–Kier alpha value is -4.80. The van der Waals surface area contributed by atoms with Crippen molar-refractivity contribution in [3.63, 3.8) is 0 Å². The predicted octanol–water partition coefficient (Wildman–Crippen LogP) is 6.96. The van der Waals surface area contributed by atoms with Gasteiger partial charge in [-0.15, -0.1) is 0 Å². The number of anilines is 1. The summed E-state index contributed by atoms with van der Waals surface area (Å²) in [5.41, 5.74) is 1.79. The number of nitrogens with one attached hydrogen (secondary N) is 1. The highest BCUT2D eigenvalue weighted by molar-refractivity contribution is 5.95. The molecule has 4 aromatic rings. The Morgan fingerprint density at radius 1 is 0.917 bits per heavy atom. The molecule has 2 fully saturated rings. The molecule has 254 valence electrons. The van der Waals surface area contributed by atoms with Crippen molar-refractivity contribution in [1.82, 2.24) is 24.6 Å². The van der Waals surface area contributed by atoms with Crippen LogP contribution in [-0.4, -0.2) is 81.5 Å². The summed E-state index contributed by atoms with van der Waals surface area (Å²) in [4.78, 5) is 34.5. The molecule has 0 aliphatic carbocycles. The van der Waals surface area contributed by atoms with Crippen molar-refractivity contribution in [2.45, 2.75) is 71.6 Å². The van der Waals surface area contributed by atoms with Gasteiger partial charge in [-0.1, -0.05) is 19.1 Å². The monoisotopic (exact) mass is 654 g/mol. The van der Waals surface area contributed by atoms with Gasteiger partial charge in [0, 0.05) is 50.0 Å². The first kappa shape index (κ1) is 33.1. The van der Waals surface area contributed by atoms with E-state index in [1.165, 1.54) is 0 Å². The van der Waals surface area contributed by atoms with E-state index < -0.39 is 5.60 Å². The lowest BCUT2D eigenvalue weighted by molar-refractivity contribution is 0.0206. The van der Waals surface area contributed by atoms with E-state index in [0.717, 1.165) is 55.5 Å². The Morgan fingerprint density at radius 2 is 1.62 bits per heavy atom. The maximum atomic E-state index is 13.2. The number of aromatic nitrogens is 3. The summed E-state index contributed by atoms with van der Waals surface area (Å²) in [5.74, 6) is 3.18. The number of hydrogen-bond donors (Lipinski definition) is 1. The van der Waals surface area contributed by atoms with Crippen LogP contribution in [0.1, 0.15) is 69.3 Å². The van der Waals surface area contributed by atoms with Gasteiger partial charge in [0.1, 0.15) is 28.2 Å². The minimum Gasteiger partial charge on any atom is -0.497 e. The predicted molar refractivity (Wildman–Crippen MR) is 185 cm³/mol. The van der Waals surface area contributed by atoms with E-state index in [-0.39, 0.29) is 18.0 Å². The molecule has 2 amide bonds. The molecule has 2 atom stereocenters. The summed E-state index contributed by atoms with van der Waals surface area (Å²) in [6.45, 7) is 11.0. The number of piperidine rings is 2. The molecule has 48 heavy (non-hydrogen) atoms. The molecule has 4 heterocycles. The maximum absolute atomic E-state index is 13.2. The zero-order chi connectivity index (χ0) is 33.8. The molecule has 2 aromatic heterocycles. The summed E-state index contributed by atoms with van der Waals surface area (Å²) in [6, 6.07) is 17.0. The van der Waals surface area contributed by atoms with Crippen LogP contribution in [0.2, 0.25) is 0 Å². The standard InChI is InChI=1S/C37H46N6O5/c1-25-8-6-20-41(22-25)35(44)27-12-16-30(17-13-27)47-31-18-19-38-34-32(31)33(40-43(34)23-26-10-14-29(46-5)15-11-26)39-28-9-7-21-42(24-28)36(45)48-37(2,3)4/h10-19,25,28H,6-9,20-24H2,1-5H3,(H,39,40)/t25?,28-/m1/s1. The zero-order valence-electron chi connectivity index (χ0n) is 28.6. The molecule has 6 rings (SSSR count). The van der Waals surface area contributed by atoms with Crippen LogP contribution in [0.4, 0.5) is 10.6 Å². The highest BCUT2D eigenvalue weighted by Crippen LogP contribution is 2.35. The average Bonchev–Trinajstić information content (AvgIpc) is 3.41. The van der Waals surface area contributed by atoms with Gasteiger partial charge in [-0.05, 0) is 94.3 Å². The molecule has 0 radical (unpaired) electrons. The minimum absolute atomic E-state index is 0.0466. The summed E-state index contributed by atoms with van der Waals surface area (Å²) < 4.78 is 19.3. The summed E-state index contributed by atoms with van der Waals surface area (Å²) in [6.07, 6.45) is 5.31. The van der Waals surface area contributed by atoms with E-state index in [0.29, 0.717) is 54.1 Å². The lowest BCUT2D eigenvalue weighted by atomic mass is 9.99. The van der Waals surface area contributed by atoms with Gasteiger partial charge in [0.2, 0.25) is 0 Å². The van der Waals surface area contributed by atoms with Crippen LogP contribution in [0.15, 0.2) is 60.8 Å². The zero-order valence-corrected chi connectivity index (χ0v) is 28.6. The first-order valence-corrected chi connectivity index (χ1v) is 16.9. The number of fused-ring (bicyclic) bond motifs is 1. The fourth-order valence-electron chi connectivity index (χ4n) is 6.40. The molecule has 0 spiro atoms. The normalized spacial score (nSPS) is 18.4. The van der Waals surface area contributed by atoms with Gasteiger partial charge < -0.3 is 29.3 Å². The van der Waals surface area contributed by atoms with E-state index in [1.807, 2.05) is 85.0 Å². The summed E-state index contributed by atoms with van der Waals surface area (Å²) in [5, 5.41) is 9.35. The first-order chi connectivity index (χ1) is 23.1. The van der Waals surface area contributed by atoms with E-state index >= 15 is 0 Å². The minimum atomic E-state index is -0.566. The van der Waals surface area contributed by atoms with Crippen molar-refractivity contribution in [3.05, 3.63) is 71.9 Å².